The van der Waals surface area contributed by atoms with E-state index in [2.05, 4.69) is 6.58 Å². The van der Waals surface area contributed by atoms with Crippen molar-refractivity contribution in [1.29, 1.82) is 0 Å². The van der Waals surface area contributed by atoms with Gasteiger partial charge in [-0.1, -0.05) is 92.4 Å². The third kappa shape index (κ3) is 5.12. The Hall–Kier alpha value is -3.18. The Labute approximate surface area is 184 Å². The molecule has 1 saturated heterocycles. The zero-order valence-electron chi connectivity index (χ0n) is 18.1. The normalized spacial score (nSPS) is 26.4. The van der Waals surface area contributed by atoms with E-state index in [0.717, 1.165) is 5.56 Å². The average molecular weight is 419 g/mol. The summed E-state index contributed by atoms with van der Waals surface area (Å²) in [6.07, 6.45) is 14.2. The average Bonchev–Trinajstić information content (AvgIpc) is 2.76. The van der Waals surface area contributed by atoms with Gasteiger partial charge in [0.25, 0.3) is 0 Å². The molecule has 4 atom stereocenters. The number of nitrogens with zero attached hydrogens (tertiary/aromatic N) is 2. The maximum absolute atomic E-state index is 13.4. The smallest absolute Gasteiger partial charge is 0.329 e. The number of aliphatic hydroxyl groups excluding tert-OH is 1. The van der Waals surface area contributed by atoms with E-state index in [0.29, 0.717) is 12.0 Å². The van der Waals surface area contributed by atoms with E-state index in [4.69, 9.17) is 0 Å². The predicted octanol–water partition coefficient (Wildman–Crippen LogP) is 4.25. The van der Waals surface area contributed by atoms with E-state index >= 15 is 0 Å². The molecule has 31 heavy (non-hydrogen) atoms. The van der Waals surface area contributed by atoms with Crippen molar-refractivity contribution in [3.63, 3.8) is 0 Å². The lowest BCUT2D eigenvalue weighted by Gasteiger charge is -2.46. The lowest BCUT2D eigenvalue weighted by Crippen LogP contribution is -2.65. The number of aliphatic hydroxyl groups is 1. The second-order valence-electron chi connectivity index (χ2n) is 7.99. The highest BCUT2D eigenvalue weighted by molar-refractivity contribution is 5.99. The second-order valence-corrected chi connectivity index (χ2v) is 7.99. The van der Waals surface area contributed by atoms with Crippen LogP contribution >= 0.6 is 0 Å². The van der Waals surface area contributed by atoms with Crippen molar-refractivity contribution in [2.75, 3.05) is 6.54 Å². The van der Waals surface area contributed by atoms with Crippen LogP contribution in [0.5, 0.6) is 0 Å². The van der Waals surface area contributed by atoms with Gasteiger partial charge in [-0.2, -0.15) is 0 Å². The van der Waals surface area contributed by atoms with Crippen molar-refractivity contribution in [1.82, 2.24) is 9.80 Å². The Morgan fingerprint density at radius 1 is 1.13 bits per heavy atom. The number of hydrogen-bond acceptors (Lipinski definition) is 3. The fourth-order valence-corrected chi connectivity index (χ4v) is 3.99. The monoisotopic (exact) mass is 418 g/mol. The first-order valence-electron chi connectivity index (χ1n) is 10.6. The number of urea groups is 1. The maximum atomic E-state index is 13.4. The molecule has 1 aromatic carbocycles. The second kappa shape index (κ2) is 10.2. The highest BCUT2D eigenvalue weighted by Gasteiger charge is 2.48. The van der Waals surface area contributed by atoms with Gasteiger partial charge in [0, 0.05) is 0 Å². The predicted molar refractivity (Wildman–Crippen MR) is 123 cm³/mol. The molecule has 4 unspecified atom stereocenters. The minimum Gasteiger partial charge on any atom is -0.373 e. The van der Waals surface area contributed by atoms with Crippen LogP contribution in [0, 0.1) is 11.8 Å². The molecule has 162 valence electrons. The molecule has 1 N–H and O–H groups in total. The summed E-state index contributed by atoms with van der Waals surface area (Å²) in [5.74, 6) is -1.10. The van der Waals surface area contributed by atoms with Gasteiger partial charge in [0.15, 0.2) is 0 Å². The van der Waals surface area contributed by atoms with E-state index in [9.17, 15) is 14.7 Å². The van der Waals surface area contributed by atoms with Gasteiger partial charge >= 0.3 is 6.03 Å². The van der Waals surface area contributed by atoms with Gasteiger partial charge < -0.3 is 5.11 Å². The fraction of sp³-hybridized carbons (Fsp3) is 0.308. The molecule has 0 radical (unpaired) electrons. The van der Waals surface area contributed by atoms with Gasteiger partial charge in [-0.3, -0.25) is 14.6 Å². The Kier molecular flexibility index (Phi) is 7.42. The first kappa shape index (κ1) is 22.5. The van der Waals surface area contributed by atoms with Gasteiger partial charge in [-0.15, -0.1) is 0 Å². The molecule has 1 aliphatic carbocycles. The first-order valence-corrected chi connectivity index (χ1v) is 10.6. The van der Waals surface area contributed by atoms with Crippen LogP contribution in [0.2, 0.25) is 0 Å². The van der Waals surface area contributed by atoms with E-state index < -0.39 is 18.2 Å². The molecule has 5 nitrogen and oxygen atoms in total. The van der Waals surface area contributed by atoms with Gasteiger partial charge in [0.2, 0.25) is 5.91 Å². The molecule has 3 amide bonds. The molecule has 0 saturated carbocycles. The first-order chi connectivity index (χ1) is 14.9. The number of allylic oxidation sites excluding steroid dienone is 5. The van der Waals surface area contributed by atoms with E-state index in [-0.39, 0.29) is 24.4 Å². The minimum absolute atomic E-state index is 0.0221. The summed E-state index contributed by atoms with van der Waals surface area (Å²) in [5.41, 5.74) is 1.58. The van der Waals surface area contributed by atoms with Crippen LogP contribution in [0.25, 0.3) is 0 Å². The number of imide groups is 1. The van der Waals surface area contributed by atoms with Gasteiger partial charge in [0.1, 0.15) is 6.23 Å². The maximum Gasteiger partial charge on any atom is 0.329 e. The largest absolute Gasteiger partial charge is 0.373 e. The number of rotatable bonds is 7. The quantitative estimate of drug-likeness (QED) is 0.674. The summed E-state index contributed by atoms with van der Waals surface area (Å²) in [6, 6.07) is 8.76. The summed E-state index contributed by atoms with van der Waals surface area (Å²) >= 11 is 0. The Morgan fingerprint density at radius 2 is 1.84 bits per heavy atom. The molecular weight excluding hydrogens is 388 g/mol. The van der Waals surface area contributed by atoms with Crippen molar-refractivity contribution >= 4 is 11.9 Å². The molecule has 1 heterocycles. The fourth-order valence-electron chi connectivity index (χ4n) is 3.99. The third-order valence-corrected chi connectivity index (χ3v) is 5.67. The van der Waals surface area contributed by atoms with Crippen molar-refractivity contribution < 1.29 is 14.7 Å². The van der Waals surface area contributed by atoms with Crippen LogP contribution in [0.1, 0.15) is 19.4 Å². The summed E-state index contributed by atoms with van der Waals surface area (Å²) in [4.78, 5) is 29.4. The number of amides is 3. The Morgan fingerprint density at radius 3 is 2.52 bits per heavy atom. The third-order valence-electron chi connectivity index (χ3n) is 5.67. The summed E-state index contributed by atoms with van der Waals surface area (Å²) in [7, 11) is 0. The van der Waals surface area contributed by atoms with Gasteiger partial charge in [0.05, 0.1) is 18.5 Å². The number of benzene rings is 1. The van der Waals surface area contributed by atoms with E-state index in [1.54, 1.807) is 6.08 Å². The van der Waals surface area contributed by atoms with Crippen molar-refractivity contribution in [3.05, 3.63) is 96.7 Å². The summed E-state index contributed by atoms with van der Waals surface area (Å²) < 4.78 is 0. The SMILES string of the molecule is C=C(/C=C\C=C/C)CN1C(=O)C(Cc2ccccc2)C(O)N(C2C=CC=CC2C)C1=O. The topological polar surface area (TPSA) is 60.9 Å². The van der Waals surface area contributed by atoms with Crippen LogP contribution in [0.15, 0.2) is 91.1 Å². The number of hydrogen-bond donors (Lipinski definition) is 1. The van der Waals surface area contributed by atoms with Crippen LogP contribution in [0.4, 0.5) is 4.79 Å². The molecule has 1 fully saturated rings. The zero-order valence-corrected chi connectivity index (χ0v) is 18.1. The molecule has 2 aliphatic rings. The number of carbonyl (C=O) groups excluding carboxylic acids is 2. The van der Waals surface area contributed by atoms with Crippen molar-refractivity contribution in [2.45, 2.75) is 32.5 Å². The van der Waals surface area contributed by atoms with Gasteiger partial charge in [-0.05, 0) is 30.4 Å². The highest BCUT2D eigenvalue weighted by atomic mass is 16.3. The van der Waals surface area contributed by atoms with Gasteiger partial charge in [-0.25, -0.2) is 4.79 Å². The van der Waals surface area contributed by atoms with E-state index in [1.807, 2.05) is 86.7 Å². The van der Waals surface area contributed by atoms with Crippen LogP contribution < -0.4 is 0 Å². The standard InChI is InChI=1S/C26H30N2O3/c1-4-5-7-12-19(2)18-27-24(29)22(17-21-14-8-6-9-15-21)25(30)28(26(27)31)23-16-11-10-13-20(23)3/h4-16,20,22-23,25,30H,2,17-18H2,1,3H3/b5-4-,12-7-. The van der Waals surface area contributed by atoms with Crippen molar-refractivity contribution in [2.24, 2.45) is 11.8 Å². The molecular formula is C26H30N2O3. The summed E-state index contributed by atoms with van der Waals surface area (Å²) in [6.45, 7) is 7.99. The Balaban J connectivity index is 1.92. The lowest BCUT2D eigenvalue weighted by atomic mass is 9.89. The molecule has 1 aliphatic heterocycles. The molecule has 1 aromatic rings. The molecule has 0 spiro atoms. The van der Waals surface area contributed by atoms with E-state index in [1.165, 1.54) is 9.80 Å². The van der Waals surface area contributed by atoms with Crippen LogP contribution in [0.3, 0.4) is 0 Å². The zero-order chi connectivity index (χ0) is 22.4. The highest BCUT2D eigenvalue weighted by Crippen LogP contribution is 2.31. The minimum atomic E-state index is -1.20. The number of carbonyl (C=O) groups is 2. The van der Waals surface area contributed by atoms with Crippen LogP contribution in [-0.4, -0.2) is 45.7 Å². The molecule has 0 bridgehead atoms. The van der Waals surface area contributed by atoms with Crippen molar-refractivity contribution in [3.8, 4) is 0 Å². The summed E-state index contributed by atoms with van der Waals surface area (Å²) in [5, 5.41) is 11.2. The molecule has 3 rings (SSSR count). The molecule has 0 aromatic heterocycles. The molecule has 5 heteroatoms. The Bertz CT molecular complexity index is 929. The lowest BCUT2D eigenvalue weighted by molar-refractivity contribution is -0.150. The van der Waals surface area contributed by atoms with Crippen LogP contribution in [-0.2, 0) is 11.2 Å².